The summed E-state index contributed by atoms with van der Waals surface area (Å²) in [4.78, 5) is 11.3. The maximum absolute atomic E-state index is 13.5. The molecule has 5 heteroatoms. The smallest absolute Gasteiger partial charge is 0.411 e. The number of anilines is 1. The molecule has 0 bridgehead atoms. The molecule has 0 aliphatic carbocycles. The Morgan fingerprint density at radius 3 is 2.33 bits per heavy atom. The van der Waals surface area contributed by atoms with Crippen LogP contribution in [0.3, 0.4) is 0 Å². The molecule has 98 valence electrons. The summed E-state index contributed by atoms with van der Waals surface area (Å²) in [5, 5.41) is 2.26. The van der Waals surface area contributed by atoms with Gasteiger partial charge in [-0.1, -0.05) is 12.2 Å². The maximum Gasteiger partial charge on any atom is 0.411 e. The summed E-state index contributed by atoms with van der Waals surface area (Å²) in [5.74, 6) is -1.49. The zero-order valence-electron chi connectivity index (χ0n) is 10.5. The topological polar surface area (TPSA) is 38.3 Å². The monoisotopic (exact) mass is 255 g/mol. The van der Waals surface area contributed by atoms with Crippen molar-refractivity contribution < 1.29 is 18.3 Å². The molecule has 0 aromatic heterocycles. The molecule has 0 unspecified atom stereocenters. The molecule has 0 aliphatic rings. The molecule has 1 aromatic rings. The molecule has 0 aliphatic heterocycles. The highest BCUT2D eigenvalue weighted by molar-refractivity contribution is 5.84. The lowest BCUT2D eigenvalue weighted by atomic mass is 10.1. The summed E-state index contributed by atoms with van der Waals surface area (Å²) >= 11 is 0. The molecule has 1 rings (SSSR count). The van der Waals surface area contributed by atoms with Crippen molar-refractivity contribution in [2.45, 2.75) is 26.9 Å². The first-order chi connectivity index (χ1) is 8.43. The molecule has 1 N–H and O–H groups in total. The van der Waals surface area contributed by atoms with Crippen molar-refractivity contribution in [2.24, 2.45) is 0 Å². The van der Waals surface area contributed by atoms with E-state index in [1.54, 1.807) is 20.8 Å². The van der Waals surface area contributed by atoms with Gasteiger partial charge in [0.05, 0.1) is 6.10 Å². The number of ether oxygens (including phenoxy) is 1. The number of benzene rings is 1. The zero-order valence-corrected chi connectivity index (χ0v) is 10.5. The first kappa shape index (κ1) is 14.2. The Kier molecular flexibility index (Phi) is 4.83. The Bertz CT molecular complexity index is 447. The lowest BCUT2D eigenvalue weighted by Gasteiger charge is -2.10. The van der Waals surface area contributed by atoms with E-state index in [2.05, 4.69) is 5.32 Å². The number of carbonyl (C=O) groups excluding carboxylic acids is 1. The van der Waals surface area contributed by atoms with E-state index in [0.29, 0.717) is 0 Å². The molecular weight excluding hydrogens is 240 g/mol. The highest BCUT2D eigenvalue weighted by atomic mass is 19.1. The van der Waals surface area contributed by atoms with Crippen molar-refractivity contribution in [1.82, 2.24) is 0 Å². The number of hydrogen-bond donors (Lipinski definition) is 1. The lowest BCUT2D eigenvalue weighted by molar-refractivity contribution is 0.130. The Morgan fingerprint density at radius 1 is 1.33 bits per heavy atom. The van der Waals surface area contributed by atoms with Crippen molar-refractivity contribution in [2.75, 3.05) is 5.32 Å². The summed E-state index contributed by atoms with van der Waals surface area (Å²) in [6, 6.07) is 2.08. The van der Waals surface area contributed by atoms with Gasteiger partial charge in [-0.15, -0.1) is 0 Å². The Hall–Kier alpha value is -1.91. The van der Waals surface area contributed by atoms with Crippen molar-refractivity contribution in [1.29, 1.82) is 0 Å². The SMILES string of the molecule is C/C=C/c1c(F)cc(NC(=O)OC(C)C)cc1F. The predicted octanol–water partition coefficient (Wildman–Crippen LogP) is 3.95. The summed E-state index contributed by atoms with van der Waals surface area (Å²) in [5.41, 5.74) is -0.121. The molecule has 1 amide bonds. The third-order valence-corrected chi connectivity index (χ3v) is 2.00. The van der Waals surface area contributed by atoms with Crippen LogP contribution in [0.25, 0.3) is 6.08 Å². The molecule has 0 atom stereocenters. The van der Waals surface area contributed by atoms with Crippen molar-refractivity contribution in [3.05, 3.63) is 35.4 Å². The average molecular weight is 255 g/mol. The van der Waals surface area contributed by atoms with Gasteiger partial charge in [-0.05, 0) is 32.9 Å². The van der Waals surface area contributed by atoms with Crippen molar-refractivity contribution in [3.8, 4) is 0 Å². The first-order valence-electron chi connectivity index (χ1n) is 5.53. The normalized spacial score (nSPS) is 11.0. The third kappa shape index (κ3) is 3.84. The second kappa shape index (κ2) is 6.14. The molecule has 0 heterocycles. The van der Waals surface area contributed by atoms with Gasteiger partial charge >= 0.3 is 6.09 Å². The lowest BCUT2D eigenvalue weighted by Crippen LogP contribution is -2.18. The highest BCUT2D eigenvalue weighted by Gasteiger charge is 2.11. The quantitative estimate of drug-likeness (QED) is 0.887. The number of carbonyl (C=O) groups is 1. The van der Waals surface area contributed by atoms with Crippen LogP contribution >= 0.6 is 0 Å². The Balaban J connectivity index is 2.90. The molecule has 0 saturated heterocycles. The van der Waals surface area contributed by atoms with Gasteiger partial charge in [-0.25, -0.2) is 13.6 Å². The molecule has 0 fully saturated rings. The van der Waals surface area contributed by atoms with Crippen LogP contribution < -0.4 is 5.32 Å². The van der Waals surface area contributed by atoms with Gasteiger partial charge in [0.2, 0.25) is 0 Å². The fourth-order valence-corrected chi connectivity index (χ4v) is 1.34. The van der Waals surface area contributed by atoms with E-state index in [1.807, 2.05) is 0 Å². The Labute approximate surface area is 104 Å². The highest BCUT2D eigenvalue weighted by Crippen LogP contribution is 2.20. The number of hydrogen-bond acceptors (Lipinski definition) is 2. The van der Waals surface area contributed by atoms with Gasteiger partial charge in [0.1, 0.15) is 11.6 Å². The largest absolute Gasteiger partial charge is 0.447 e. The van der Waals surface area contributed by atoms with Gasteiger partial charge < -0.3 is 4.74 Å². The van der Waals surface area contributed by atoms with Crippen LogP contribution in [0, 0.1) is 11.6 Å². The first-order valence-corrected chi connectivity index (χ1v) is 5.53. The van der Waals surface area contributed by atoms with Crippen LogP contribution in [0.15, 0.2) is 18.2 Å². The molecule has 0 radical (unpaired) electrons. The third-order valence-electron chi connectivity index (χ3n) is 2.00. The summed E-state index contributed by atoms with van der Waals surface area (Å²) in [6.07, 6.45) is 1.80. The van der Waals surface area contributed by atoms with E-state index in [9.17, 15) is 13.6 Å². The van der Waals surface area contributed by atoms with E-state index in [4.69, 9.17) is 4.74 Å². The standard InChI is InChI=1S/C13H15F2NO2/c1-4-5-10-11(14)6-9(7-12(10)15)16-13(17)18-8(2)3/h4-8H,1-3H3,(H,16,17)/b5-4+. The van der Waals surface area contributed by atoms with E-state index >= 15 is 0 Å². The van der Waals surface area contributed by atoms with Gasteiger partial charge in [-0.3, -0.25) is 5.32 Å². The molecule has 18 heavy (non-hydrogen) atoms. The van der Waals surface area contributed by atoms with E-state index in [-0.39, 0.29) is 17.4 Å². The second-order valence-electron chi connectivity index (χ2n) is 3.93. The zero-order chi connectivity index (χ0) is 13.7. The van der Waals surface area contributed by atoms with Gasteiger partial charge in [0.25, 0.3) is 0 Å². The van der Waals surface area contributed by atoms with Crippen molar-refractivity contribution >= 4 is 17.9 Å². The van der Waals surface area contributed by atoms with E-state index < -0.39 is 17.7 Å². The molecule has 1 aromatic carbocycles. The second-order valence-corrected chi connectivity index (χ2v) is 3.93. The maximum atomic E-state index is 13.5. The van der Waals surface area contributed by atoms with Crippen LogP contribution in [0.5, 0.6) is 0 Å². The van der Waals surface area contributed by atoms with Crippen LogP contribution in [0.1, 0.15) is 26.3 Å². The van der Waals surface area contributed by atoms with Gasteiger partial charge in [0.15, 0.2) is 0 Å². The number of amides is 1. The summed E-state index contributed by atoms with van der Waals surface area (Å²) in [6.45, 7) is 5.01. The van der Waals surface area contributed by atoms with Crippen molar-refractivity contribution in [3.63, 3.8) is 0 Å². The minimum atomic E-state index is -0.748. The van der Waals surface area contributed by atoms with E-state index in [0.717, 1.165) is 12.1 Å². The number of allylic oxidation sites excluding steroid dienone is 1. The molecule has 3 nitrogen and oxygen atoms in total. The molecule has 0 saturated carbocycles. The fourth-order valence-electron chi connectivity index (χ4n) is 1.34. The van der Waals surface area contributed by atoms with Crippen LogP contribution in [-0.4, -0.2) is 12.2 Å². The van der Waals surface area contributed by atoms with Crippen LogP contribution in [-0.2, 0) is 4.74 Å². The van der Waals surface area contributed by atoms with Gasteiger partial charge in [-0.2, -0.15) is 0 Å². The average Bonchev–Trinajstić information content (AvgIpc) is 2.22. The summed E-state index contributed by atoms with van der Waals surface area (Å²) < 4.78 is 31.9. The fraction of sp³-hybridized carbons (Fsp3) is 0.308. The van der Waals surface area contributed by atoms with E-state index in [1.165, 1.54) is 12.2 Å². The van der Waals surface area contributed by atoms with Crippen LogP contribution in [0.2, 0.25) is 0 Å². The number of halogens is 2. The molecular formula is C13H15F2NO2. The minimum absolute atomic E-state index is 0.0175. The Morgan fingerprint density at radius 2 is 1.89 bits per heavy atom. The van der Waals surface area contributed by atoms with Gasteiger partial charge in [0, 0.05) is 11.3 Å². The number of nitrogens with one attached hydrogen (secondary N) is 1. The van der Waals surface area contributed by atoms with Crippen LogP contribution in [0.4, 0.5) is 19.3 Å². The number of rotatable bonds is 3. The summed E-state index contributed by atoms with van der Waals surface area (Å²) in [7, 11) is 0. The predicted molar refractivity (Wildman–Crippen MR) is 66.3 cm³/mol. The minimum Gasteiger partial charge on any atom is -0.447 e. The molecule has 0 spiro atoms.